The number of nitrogens with zero attached hydrogens (tertiary/aromatic N) is 2. The van der Waals surface area contributed by atoms with Crippen molar-refractivity contribution in [2.75, 3.05) is 39.3 Å². The number of hydrogen-bond acceptors (Lipinski definition) is 4. The van der Waals surface area contributed by atoms with Gasteiger partial charge in [0.1, 0.15) is 5.82 Å². The summed E-state index contributed by atoms with van der Waals surface area (Å²) in [5, 5.41) is 19.5. The second-order valence-electron chi connectivity index (χ2n) is 5.49. The molecule has 0 aromatic heterocycles. The molecule has 4 nitrogen and oxygen atoms in total. The van der Waals surface area contributed by atoms with Gasteiger partial charge in [0.25, 0.3) is 0 Å². The molecule has 1 aliphatic heterocycles. The van der Waals surface area contributed by atoms with Crippen LogP contribution in [0.15, 0.2) is 24.3 Å². The van der Waals surface area contributed by atoms with Crippen LogP contribution < -0.4 is 0 Å². The highest BCUT2D eigenvalue weighted by Crippen LogP contribution is 2.18. The molecule has 0 aliphatic carbocycles. The molecule has 1 saturated heterocycles. The van der Waals surface area contributed by atoms with Gasteiger partial charge in [-0.25, -0.2) is 4.39 Å². The van der Waals surface area contributed by atoms with Crippen LogP contribution in [0.25, 0.3) is 0 Å². The maximum absolute atomic E-state index is 13.6. The lowest BCUT2D eigenvalue weighted by atomic mass is 10.1. The van der Waals surface area contributed by atoms with Crippen LogP contribution in [0.3, 0.4) is 0 Å². The highest BCUT2D eigenvalue weighted by Gasteiger charge is 2.21. The van der Waals surface area contributed by atoms with Crippen molar-refractivity contribution in [3.8, 4) is 0 Å². The zero-order chi connectivity index (χ0) is 14.5. The smallest absolute Gasteiger partial charge is 0.129 e. The quantitative estimate of drug-likeness (QED) is 0.841. The Morgan fingerprint density at radius 1 is 1.05 bits per heavy atom. The van der Waals surface area contributed by atoms with Gasteiger partial charge >= 0.3 is 0 Å². The number of aliphatic hydroxyl groups excluding tert-OH is 2. The summed E-state index contributed by atoms with van der Waals surface area (Å²) in [6, 6.07) is 6.37. The fraction of sp³-hybridized carbons (Fsp3) is 0.600. The van der Waals surface area contributed by atoms with E-state index < -0.39 is 6.10 Å². The molecule has 20 heavy (non-hydrogen) atoms. The molecule has 2 N–H and O–H groups in total. The lowest BCUT2D eigenvalue weighted by Gasteiger charge is -2.36. The van der Waals surface area contributed by atoms with Gasteiger partial charge in [0.2, 0.25) is 0 Å². The van der Waals surface area contributed by atoms with Crippen LogP contribution in [0, 0.1) is 5.82 Å². The molecule has 0 spiro atoms. The molecule has 0 amide bonds. The van der Waals surface area contributed by atoms with Gasteiger partial charge in [-0.2, -0.15) is 0 Å². The van der Waals surface area contributed by atoms with Crippen molar-refractivity contribution in [3.05, 3.63) is 35.6 Å². The van der Waals surface area contributed by atoms with Crippen LogP contribution in [-0.4, -0.2) is 65.4 Å². The topological polar surface area (TPSA) is 46.9 Å². The number of benzene rings is 1. The predicted molar refractivity (Wildman–Crippen MR) is 75.9 cm³/mol. The van der Waals surface area contributed by atoms with Gasteiger partial charge in [0.05, 0.1) is 12.2 Å². The molecule has 2 rings (SSSR count). The van der Waals surface area contributed by atoms with Gasteiger partial charge in [-0.3, -0.25) is 9.80 Å². The number of hydrogen-bond donors (Lipinski definition) is 2. The monoisotopic (exact) mass is 282 g/mol. The minimum atomic E-state index is -0.792. The molecule has 0 bridgehead atoms. The Morgan fingerprint density at radius 3 is 2.15 bits per heavy atom. The number of halogens is 1. The Bertz CT molecular complexity index is 420. The van der Waals surface area contributed by atoms with E-state index >= 15 is 0 Å². The Hall–Kier alpha value is -1.01. The second kappa shape index (κ2) is 7.13. The lowest BCUT2D eigenvalue weighted by Crippen LogP contribution is -2.49. The minimum absolute atomic E-state index is 0.314. The molecule has 5 heteroatoms. The average Bonchev–Trinajstić information content (AvgIpc) is 2.41. The summed E-state index contributed by atoms with van der Waals surface area (Å²) in [6.45, 7) is 6.32. The summed E-state index contributed by atoms with van der Waals surface area (Å²) in [4.78, 5) is 4.34. The summed E-state index contributed by atoms with van der Waals surface area (Å²) >= 11 is 0. The minimum Gasteiger partial charge on any atom is -0.392 e. The van der Waals surface area contributed by atoms with Crippen molar-refractivity contribution in [3.63, 3.8) is 0 Å². The Labute approximate surface area is 119 Å². The maximum Gasteiger partial charge on any atom is 0.129 e. The summed E-state index contributed by atoms with van der Waals surface area (Å²) in [7, 11) is 0. The zero-order valence-corrected chi connectivity index (χ0v) is 11.9. The van der Waals surface area contributed by atoms with Gasteiger partial charge in [0.15, 0.2) is 0 Å². The first kappa shape index (κ1) is 15.4. The van der Waals surface area contributed by atoms with Crippen molar-refractivity contribution in [2.45, 2.75) is 19.1 Å². The number of β-amino-alcohol motifs (C(OH)–C–C–N with tert-alkyl or cyclic N) is 2. The molecule has 2 atom stereocenters. The van der Waals surface area contributed by atoms with Crippen molar-refractivity contribution in [1.82, 2.24) is 9.80 Å². The van der Waals surface area contributed by atoms with Crippen molar-refractivity contribution in [2.24, 2.45) is 0 Å². The van der Waals surface area contributed by atoms with Gasteiger partial charge < -0.3 is 10.2 Å². The Kier molecular flexibility index (Phi) is 5.48. The highest BCUT2D eigenvalue weighted by molar-refractivity contribution is 5.20. The van der Waals surface area contributed by atoms with Crippen LogP contribution in [0.2, 0.25) is 0 Å². The highest BCUT2D eigenvalue weighted by atomic mass is 19.1. The molecular formula is C15H23FN2O2. The van der Waals surface area contributed by atoms with Crippen LogP contribution in [0.5, 0.6) is 0 Å². The van der Waals surface area contributed by atoms with Crippen LogP contribution >= 0.6 is 0 Å². The number of rotatable bonds is 5. The van der Waals surface area contributed by atoms with Gasteiger partial charge in [-0.1, -0.05) is 18.2 Å². The van der Waals surface area contributed by atoms with E-state index in [0.717, 1.165) is 26.2 Å². The van der Waals surface area contributed by atoms with E-state index in [-0.39, 0.29) is 11.9 Å². The molecular weight excluding hydrogens is 259 g/mol. The molecule has 1 aliphatic rings. The summed E-state index contributed by atoms with van der Waals surface area (Å²) < 4.78 is 13.6. The van der Waals surface area contributed by atoms with Crippen molar-refractivity contribution in [1.29, 1.82) is 0 Å². The SMILES string of the molecule is CC(O)CN1CCN(CC(O)c2ccccc2F)CC1. The summed E-state index contributed by atoms with van der Waals surface area (Å²) in [5.41, 5.74) is 0.360. The third-order valence-corrected chi connectivity index (χ3v) is 3.68. The van der Waals surface area contributed by atoms with Crippen molar-refractivity contribution >= 4 is 0 Å². The van der Waals surface area contributed by atoms with Crippen LogP contribution in [0.1, 0.15) is 18.6 Å². The van der Waals surface area contributed by atoms with Crippen LogP contribution in [-0.2, 0) is 0 Å². The number of aliphatic hydroxyl groups is 2. The fourth-order valence-corrected chi connectivity index (χ4v) is 2.62. The van der Waals surface area contributed by atoms with E-state index in [1.165, 1.54) is 6.07 Å². The summed E-state index contributed by atoms with van der Waals surface area (Å²) in [6.07, 6.45) is -1.11. The second-order valence-corrected chi connectivity index (χ2v) is 5.49. The third kappa shape index (κ3) is 4.24. The first-order chi connectivity index (χ1) is 9.56. The van der Waals surface area contributed by atoms with E-state index in [1.807, 2.05) is 0 Å². The zero-order valence-electron chi connectivity index (χ0n) is 11.9. The molecule has 1 fully saturated rings. The molecule has 0 saturated carbocycles. The molecule has 1 heterocycles. The van der Waals surface area contributed by atoms with Crippen LogP contribution in [0.4, 0.5) is 4.39 Å². The van der Waals surface area contributed by atoms with Crippen molar-refractivity contribution < 1.29 is 14.6 Å². The molecule has 0 radical (unpaired) electrons. The molecule has 112 valence electrons. The van der Waals surface area contributed by atoms with Gasteiger partial charge in [0, 0.05) is 44.8 Å². The average molecular weight is 282 g/mol. The first-order valence-electron chi connectivity index (χ1n) is 7.11. The fourth-order valence-electron chi connectivity index (χ4n) is 2.62. The van der Waals surface area contributed by atoms with E-state index in [9.17, 15) is 14.6 Å². The maximum atomic E-state index is 13.6. The first-order valence-corrected chi connectivity index (χ1v) is 7.11. The third-order valence-electron chi connectivity index (χ3n) is 3.68. The predicted octanol–water partition coefficient (Wildman–Crippen LogP) is 0.857. The number of piperazine rings is 1. The van der Waals surface area contributed by atoms with E-state index in [0.29, 0.717) is 18.7 Å². The molecule has 2 unspecified atom stereocenters. The Morgan fingerprint density at radius 2 is 1.60 bits per heavy atom. The van der Waals surface area contributed by atoms with Gasteiger partial charge in [-0.15, -0.1) is 0 Å². The summed E-state index contributed by atoms with van der Waals surface area (Å²) in [5.74, 6) is -0.354. The lowest BCUT2D eigenvalue weighted by molar-refractivity contribution is 0.0516. The Balaban J connectivity index is 1.82. The van der Waals surface area contributed by atoms with Gasteiger partial charge in [-0.05, 0) is 13.0 Å². The largest absolute Gasteiger partial charge is 0.392 e. The van der Waals surface area contributed by atoms with E-state index in [1.54, 1.807) is 25.1 Å². The normalized spacial score (nSPS) is 20.8. The van der Waals surface area contributed by atoms with E-state index in [2.05, 4.69) is 9.80 Å². The molecule has 1 aromatic carbocycles. The standard InChI is InChI=1S/C15H23FN2O2/c1-12(19)10-17-6-8-18(9-7-17)11-15(20)13-4-2-3-5-14(13)16/h2-5,12,15,19-20H,6-11H2,1H3. The molecule has 1 aromatic rings. The van der Waals surface area contributed by atoms with E-state index in [4.69, 9.17) is 0 Å².